The fraction of sp³-hybridized carbons (Fsp3) is 0.400. The van der Waals surface area contributed by atoms with E-state index in [0.29, 0.717) is 19.2 Å². The Balaban J connectivity index is 1.50. The number of fused-ring (bicyclic) bond motifs is 1. The minimum Gasteiger partial charge on any atom is -0.491 e. The van der Waals surface area contributed by atoms with E-state index in [2.05, 4.69) is 29.6 Å². The summed E-state index contributed by atoms with van der Waals surface area (Å²) in [5.74, 6) is 0.842. The zero-order chi connectivity index (χ0) is 16.1. The molecule has 0 spiro atoms. The first-order chi connectivity index (χ1) is 11.2. The summed E-state index contributed by atoms with van der Waals surface area (Å²) >= 11 is 0. The first kappa shape index (κ1) is 16.0. The van der Waals surface area contributed by atoms with E-state index in [-0.39, 0.29) is 0 Å². The highest BCUT2D eigenvalue weighted by Gasteiger charge is 2.20. The Labute approximate surface area is 138 Å². The molecule has 0 bridgehead atoms. The van der Waals surface area contributed by atoms with Crippen LogP contribution in [0.25, 0.3) is 0 Å². The molecule has 2 unspecified atom stereocenters. The van der Waals surface area contributed by atoms with E-state index < -0.39 is 6.10 Å². The van der Waals surface area contributed by atoms with E-state index in [4.69, 9.17) is 4.74 Å². The summed E-state index contributed by atoms with van der Waals surface area (Å²) in [5, 5.41) is 13.7. The second-order valence-electron chi connectivity index (χ2n) is 6.28. The Morgan fingerprint density at radius 3 is 2.83 bits per heavy atom. The molecule has 0 aromatic heterocycles. The van der Waals surface area contributed by atoms with Crippen LogP contribution in [-0.2, 0) is 6.42 Å². The highest BCUT2D eigenvalue weighted by Crippen LogP contribution is 2.29. The highest BCUT2D eigenvalue weighted by atomic mass is 16.5. The molecule has 2 aromatic rings. The molecule has 0 amide bonds. The highest BCUT2D eigenvalue weighted by molar-refractivity contribution is 5.32. The predicted molar refractivity (Wildman–Crippen MR) is 92.8 cm³/mol. The standard InChI is InChI=1S/C20H25NO2/c1-15-7-2-5-12-20(15)23-14-17(22)13-21-19-11-6-9-16-8-3-4-10-18(16)19/h2-5,7-8,10,12,17,19,21-22H,6,9,11,13-14H2,1H3. The molecule has 0 radical (unpaired) electrons. The van der Waals surface area contributed by atoms with Crippen LogP contribution in [0.4, 0.5) is 0 Å². The van der Waals surface area contributed by atoms with Gasteiger partial charge in [0.1, 0.15) is 18.5 Å². The third kappa shape index (κ3) is 4.12. The van der Waals surface area contributed by atoms with Crippen molar-refractivity contribution in [3.8, 4) is 5.75 Å². The first-order valence-corrected chi connectivity index (χ1v) is 8.41. The molecule has 3 nitrogen and oxygen atoms in total. The lowest BCUT2D eigenvalue weighted by atomic mass is 9.88. The summed E-state index contributed by atoms with van der Waals surface area (Å²) in [5.41, 5.74) is 3.90. The summed E-state index contributed by atoms with van der Waals surface area (Å²) in [7, 11) is 0. The lowest BCUT2D eigenvalue weighted by molar-refractivity contribution is 0.102. The number of benzene rings is 2. The summed E-state index contributed by atoms with van der Waals surface area (Å²) in [4.78, 5) is 0. The van der Waals surface area contributed by atoms with Crippen LogP contribution < -0.4 is 10.1 Å². The van der Waals surface area contributed by atoms with E-state index in [1.807, 2.05) is 31.2 Å². The van der Waals surface area contributed by atoms with E-state index in [1.54, 1.807) is 0 Å². The molecule has 0 saturated heterocycles. The van der Waals surface area contributed by atoms with Crippen molar-refractivity contribution in [2.45, 2.75) is 38.3 Å². The van der Waals surface area contributed by atoms with Gasteiger partial charge in [0.2, 0.25) is 0 Å². The molecular weight excluding hydrogens is 286 g/mol. The van der Waals surface area contributed by atoms with Crippen LogP contribution in [0.1, 0.15) is 35.6 Å². The largest absolute Gasteiger partial charge is 0.491 e. The minimum atomic E-state index is -0.510. The van der Waals surface area contributed by atoms with Gasteiger partial charge < -0.3 is 15.2 Å². The first-order valence-electron chi connectivity index (χ1n) is 8.41. The van der Waals surface area contributed by atoms with Gasteiger partial charge in [-0.05, 0) is 48.9 Å². The van der Waals surface area contributed by atoms with Gasteiger partial charge in [-0.15, -0.1) is 0 Å². The number of para-hydroxylation sites is 1. The zero-order valence-corrected chi connectivity index (χ0v) is 13.7. The van der Waals surface area contributed by atoms with Crippen molar-refractivity contribution < 1.29 is 9.84 Å². The monoisotopic (exact) mass is 311 g/mol. The van der Waals surface area contributed by atoms with Gasteiger partial charge in [0.05, 0.1) is 0 Å². The molecular formula is C20H25NO2. The minimum absolute atomic E-state index is 0.312. The van der Waals surface area contributed by atoms with Crippen molar-refractivity contribution in [3.05, 3.63) is 65.2 Å². The maximum atomic E-state index is 10.2. The smallest absolute Gasteiger partial charge is 0.122 e. The van der Waals surface area contributed by atoms with Gasteiger partial charge in [-0.2, -0.15) is 0 Å². The fourth-order valence-corrected chi connectivity index (χ4v) is 3.21. The van der Waals surface area contributed by atoms with Gasteiger partial charge in [0.25, 0.3) is 0 Å². The summed E-state index contributed by atoms with van der Waals surface area (Å²) in [6, 6.07) is 16.8. The average Bonchev–Trinajstić information content (AvgIpc) is 2.59. The predicted octanol–water partition coefficient (Wildman–Crippen LogP) is 3.40. The van der Waals surface area contributed by atoms with Crippen LogP contribution in [0.15, 0.2) is 48.5 Å². The van der Waals surface area contributed by atoms with Crippen molar-refractivity contribution in [1.82, 2.24) is 5.32 Å². The molecule has 2 aromatic carbocycles. The Morgan fingerprint density at radius 2 is 1.96 bits per heavy atom. The molecule has 0 aliphatic heterocycles. The van der Waals surface area contributed by atoms with Crippen molar-refractivity contribution in [3.63, 3.8) is 0 Å². The number of rotatable bonds is 6. The van der Waals surface area contributed by atoms with E-state index in [0.717, 1.165) is 24.2 Å². The fourth-order valence-electron chi connectivity index (χ4n) is 3.21. The van der Waals surface area contributed by atoms with Crippen molar-refractivity contribution in [1.29, 1.82) is 0 Å². The number of aliphatic hydroxyl groups is 1. The van der Waals surface area contributed by atoms with E-state index in [9.17, 15) is 5.11 Å². The second kappa shape index (κ2) is 7.62. The SMILES string of the molecule is Cc1ccccc1OCC(O)CNC1CCCc2ccccc21. The Morgan fingerprint density at radius 1 is 1.17 bits per heavy atom. The summed E-state index contributed by atoms with van der Waals surface area (Å²) in [6.07, 6.45) is 2.98. The molecule has 2 N–H and O–H groups in total. The quantitative estimate of drug-likeness (QED) is 0.859. The number of hydrogen-bond acceptors (Lipinski definition) is 3. The Hall–Kier alpha value is -1.84. The number of ether oxygens (including phenoxy) is 1. The van der Waals surface area contributed by atoms with Crippen LogP contribution in [0.3, 0.4) is 0 Å². The van der Waals surface area contributed by atoms with Gasteiger partial charge in [-0.1, -0.05) is 42.5 Å². The molecule has 122 valence electrons. The van der Waals surface area contributed by atoms with Crippen LogP contribution in [0.2, 0.25) is 0 Å². The topological polar surface area (TPSA) is 41.5 Å². The number of aliphatic hydroxyl groups excluding tert-OH is 1. The third-order valence-corrected chi connectivity index (χ3v) is 4.49. The lowest BCUT2D eigenvalue weighted by Gasteiger charge is -2.27. The van der Waals surface area contributed by atoms with Gasteiger partial charge >= 0.3 is 0 Å². The van der Waals surface area contributed by atoms with Crippen LogP contribution in [0.5, 0.6) is 5.75 Å². The second-order valence-corrected chi connectivity index (χ2v) is 6.28. The zero-order valence-electron chi connectivity index (χ0n) is 13.7. The van der Waals surface area contributed by atoms with E-state index in [1.165, 1.54) is 17.5 Å². The van der Waals surface area contributed by atoms with Gasteiger partial charge in [0.15, 0.2) is 0 Å². The average molecular weight is 311 g/mol. The maximum absolute atomic E-state index is 10.2. The molecule has 1 aliphatic rings. The van der Waals surface area contributed by atoms with Crippen molar-refractivity contribution in [2.75, 3.05) is 13.2 Å². The molecule has 0 fully saturated rings. The Bertz CT molecular complexity index is 641. The number of aryl methyl sites for hydroxylation is 2. The molecule has 3 heteroatoms. The van der Waals surface area contributed by atoms with Crippen molar-refractivity contribution >= 4 is 0 Å². The molecule has 3 rings (SSSR count). The molecule has 23 heavy (non-hydrogen) atoms. The molecule has 0 saturated carbocycles. The van der Waals surface area contributed by atoms with Crippen LogP contribution >= 0.6 is 0 Å². The Kier molecular flexibility index (Phi) is 5.31. The van der Waals surface area contributed by atoms with Gasteiger partial charge in [-0.3, -0.25) is 0 Å². The third-order valence-electron chi connectivity index (χ3n) is 4.49. The number of nitrogens with one attached hydrogen (secondary N) is 1. The van der Waals surface area contributed by atoms with Gasteiger partial charge in [0, 0.05) is 12.6 Å². The summed E-state index contributed by atoms with van der Waals surface area (Å²) < 4.78 is 5.72. The van der Waals surface area contributed by atoms with Crippen molar-refractivity contribution in [2.24, 2.45) is 0 Å². The normalized spacial score (nSPS) is 18.3. The number of hydrogen-bond donors (Lipinski definition) is 2. The van der Waals surface area contributed by atoms with Gasteiger partial charge in [-0.25, -0.2) is 0 Å². The molecule has 1 aliphatic carbocycles. The molecule has 0 heterocycles. The van der Waals surface area contributed by atoms with Crippen LogP contribution in [-0.4, -0.2) is 24.4 Å². The lowest BCUT2D eigenvalue weighted by Crippen LogP contribution is -2.35. The maximum Gasteiger partial charge on any atom is 0.122 e. The molecule has 2 atom stereocenters. The van der Waals surface area contributed by atoms with Crippen LogP contribution in [0, 0.1) is 6.92 Å². The van der Waals surface area contributed by atoms with E-state index >= 15 is 0 Å². The summed E-state index contributed by atoms with van der Waals surface area (Å²) in [6.45, 7) is 2.87.